The van der Waals surface area contributed by atoms with Gasteiger partial charge >= 0.3 is 5.97 Å². The maximum absolute atomic E-state index is 12.8. The van der Waals surface area contributed by atoms with Gasteiger partial charge < -0.3 is 5.11 Å². The molecule has 8 nitrogen and oxygen atoms in total. The Morgan fingerprint density at radius 3 is 2.21 bits per heavy atom. The van der Waals surface area contributed by atoms with Crippen LogP contribution in [-0.4, -0.2) is 45.3 Å². The number of carboxylic acids is 1. The van der Waals surface area contributed by atoms with E-state index in [9.17, 15) is 21.6 Å². The number of rotatable bonds is 6. The Balaban J connectivity index is 1.88. The number of carbonyl (C=O) groups is 1. The molecule has 3 rings (SSSR count). The summed E-state index contributed by atoms with van der Waals surface area (Å²) >= 11 is 0. The van der Waals surface area contributed by atoms with E-state index in [4.69, 9.17) is 5.11 Å². The molecule has 1 saturated heterocycles. The van der Waals surface area contributed by atoms with Crippen LogP contribution in [0.5, 0.6) is 0 Å². The van der Waals surface area contributed by atoms with Crippen LogP contribution in [0.3, 0.4) is 0 Å². The lowest BCUT2D eigenvalue weighted by atomic mass is 10.2. The molecule has 1 fully saturated rings. The minimum absolute atomic E-state index is 0.00823. The lowest BCUT2D eigenvalue weighted by Gasteiger charge is -2.26. The van der Waals surface area contributed by atoms with Gasteiger partial charge in [-0.05, 0) is 49.2 Å². The summed E-state index contributed by atoms with van der Waals surface area (Å²) in [6.45, 7) is 0.889. The average Bonchev–Trinajstić information content (AvgIpc) is 2.68. The van der Waals surface area contributed by atoms with Crippen LogP contribution >= 0.6 is 0 Å². The molecule has 150 valence electrons. The molecular formula is C18H20N2O6S2. The van der Waals surface area contributed by atoms with E-state index in [0.717, 1.165) is 25.3 Å². The third-order valence-corrected chi connectivity index (χ3v) is 7.70. The van der Waals surface area contributed by atoms with Crippen LogP contribution in [0.1, 0.15) is 29.6 Å². The molecule has 10 heteroatoms. The third-order valence-electron chi connectivity index (χ3n) is 4.43. The van der Waals surface area contributed by atoms with Gasteiger partial charge in [-0.15, -0.1) is 0 Å². The summed E-state index contributed by atoms with van der Waals surface area (Å²) in [5.41, 5.74) is -0.0804. The summed E-state index contributed by atoms with van der Waals surface area (Å²) in [7, 11) is -7.78. The summed E-state index contributed by atoms with van der Waals surface area (Å²) in [5.74, 6) is -1.24. The number of nitrogens with zero attached hydrogens (tertiary/aromatic N) is 1. The van der Waals surface area contributed by atoms with E-state index in [1.807, 2.05) is 0 Å². The second-order valence-electron chi connectivity index (χ2n) is 6.43. The number of carboxylic acid groups (broad SMARTS) is 1. The number of hydrogen-bond acceptors (Lipinski definition) is 5. The smallest absolute Gasteiger partial charge is 0.335 e. The van der Waals surface area contributed by atoms with E-state index in [1.165, 1.54) is 46.8 Å². The second-order valence-corrected chi connectivity index (χ2v) is 10.1. The first-order valence-corrected chi connectivity index (χ1v) is 11.6. The zero-order chi connectivity index (χ0) is 20.4. The van der Waals surface area contributed by atoms with Gasteiger partial charge in [-0.2, -0.15) is 4.31 Å². The highest BCUT2D eigenvalue weighted by molar-refractivity contribution is 7.92. The first-order valence-electron chi connectivity index (χ1n) is 8.66. The first kappa shape index (κ1) is 20.3. The fraction of sp³-hybridized carbons (Fsp3) is 0.278. The van der Waals surface area contributed by atoms with Crippen LogP contribution in [0.2, 0.25) is 0 Å². The van der Waals surface area contributed by atoms with E-state index in [2.05, 4.69) is 4.72 Å². The van der Waals surface area contributed by atoms with Gasteiger partial charge in [0.1, 0.15) is 0 Å². The minimum Gasteiger partial charge on any atom is -0.478 e. The van der Waals surface area contributed by atoms with Gasteiger partial charge in [-0.3, -0.25) is 4.72 Å². The SMILES string of the molecule is O=C(O)c1cccc(S(=O)(=O)Nc2cccc(S(=O)(=O)N3CCCCC3)c2)c1. The van der Waals surface area contributed by atoms with Crippen molar-refractivity contribution in [3.8, 4) is 0 Å². The molecule has 2 aromatic carbocycles. The molecule has 1 heterocycles. The van der Waals surface area contributed by atoms with E-state index in [1.54, 1.807) is 0 Å². The van der Waals surface area contributed by atoms with E-state index in [0.29, 0.717) is 13.1 Å². The first-order chi connectivity index (χ1) is 13.2. The Hall–Kier alpha value is -2.43. The van der Waals surface area contributed by atoms with Crippen LogP contribution in [0.25, 0.3) is 0 Å². The lowest BCUT2D eigenvalue weighted by molar-refractivity contribution is 0.0696. The van der Waals surface area contributed by atoms with Crippen LogP contribution in [0, 0.1) is 0 Å². The van der Waals surface area contributed by atoms with Gasteiger partial charge in [-0.1, -0.05) is 18.6 Å². The molecule has 0 aromatic heterocycles. The number of sulfonamides is 2. The van der Waals surface area contributed by atoms with E-state index in [-0.39, 0.29) is 21.0 Å². The Labute approximate surface area is 163 Å². The van der Waals surface area contributed by atoms with Crippen molar-refractivity contribution in [3.63, 3.8) is 0 Å². The van der Waals surface area contributed by atoms with E-state index >= 15 is 0 Å². The molecule has 2 aromatic rings. The number of benzene rings is 2. The van der Waals surface area contributed by atoms with Crippen LogP contribution in [0.4, 0.5) is 5.69 Å². The van der Waals surface area contributed by atoms with Gasteiger partial charge in [-0.25, -0.2) is 21.6 Å². The largest absolute Gasteiger partial charge is 0.478 e. The van der Waals surface area contributed by atoms with Gasteiger partial charge in [0, 0.05) is 13.1 Å². The summed E-state index contributed by atoms with van der Waals surface area (Å²) in [4.78, 5) is 10.8. The summed E-state index contributed by atoms with van der Waals surface area (Å²) < 4.78 is 54.4. The molecular weight excluding hydrogens is 404 g/mol. The highest BCUT2D eigenvalue weighted by Gasteiger charge is 2.26. The summed E-state index contributed by atoms with van der Waals surface area (Å²) in [6.07, 6.45) is 2.58. The monoisotopic (exact) mass is 424 g/mol. The normalized spacial score (nSPS) is 15.9. The van der Waals surface area contributed by atoms with Crippen molar-refractivity contribution in [3.05, 3.63) is 54.1 Å². The van der Waals surface area contributed by atoms with Crippen molar-refractivity contribution in [2.24, 2.45) is 0 Å². The fourth-order valence-corrected chi connectivity index (χ4v) is 5.64. The summed E-state index contributed by atoms with van der Waals surface area (Å²) in [6, 6.07) is 10.5. The van der Waals surface area contributed by atoms with Crippen LogP contribution in [-0.2, 0) is 20.0 Å². The zero-order valence-corrected chi connectivity index (χ0v) is 16.5. The van der Waals surface area contributed by atoms with Crippen molar-refractivity contribution in [1.82, 2.24) is 4.31 Å². The molecule has 0 radical (unpaired) electrons. The number of nitrogens with one attached hydrogen (secondary N) is 1. The standard InChI is InChI=1S/C18H20N2O6S2/c21-18(22)14-6-4-8-16(12-14)27(23,24)19-15-7-5-9-17(13-15)28(25,26)20-10-2-1-3-11-20/h4-9,12-13,19H,1-3,10-11H2,(H,21,22). The molecule has 2 N–H and O–H groups in total. The van der Waals surface area contributed by atoms with Crippen molar-refractivity contribution >= 4 is 31.7 Å². The molecule has 0 saturated carbocycles. The molecule has 1 aliphatic heterocycles. The number of anilines is 1. The van der Waals surface area contributed by atoms with Crippen molar-refractivity contribution in [2.45, 2.75) is 29.1 Å². The van der Waals surface area contributed by atoms with Crippen molar-refractivity contribution in [2.75, 3.05) is 17.8 Å². The van der Waals surface area contributed by atoms with E-state index < -0.39 is 26.0 Å². The van der Waals surface area contributed by atoms with Crippen LogP contribution < -0.4 is 4.72 Å². The molecule has 0 aliphatic carbocycles. The van der Waals surface area contributed by atoms with Crippen molar-refractivity contribution < 1.29 is 26.7 Å². The highest BCUT2D eigenvalue weighted by Crippen LogP contribution is 2.24. The number of piperidine rings is 1. The van der Waals surface area contributed by atoms with Gasteiger partial charge in [0.2, 0.25) is 10.0 Å². The minimum atomic E-state index is -4.08. The third kappa shape index (κ3) is 4.34. The predicted molar refractivity (Wildman–Crippen MR) is 103 cm³/mol. The number of hydrogen-bond donors (Lipinski definition) is 2. The van der Waals surface area contributed by atoms with Gasteiger partial charge in [0.25, 0.3) is 10.0 Å². The average molecular weight is 425 g/mol. The molecule has 0 spiro atoms. The van der Waals surface area contributed by atoms with Gasteiger partial charge in [0.05, 0.1) is 21.0 Å². The molecule has 0 unspecified atom stereocenters. The predicted octanol–water partition coefficient (Wildman–Crippen LogP) is 2.36. The Bertz CT molecular complexity index is 1090. The molecule has 28 heavy (non-hydrogen) atoms. The molecule has 1 aliphatic rings. The van der Waals surface area contributed by atoms with Gasteiger partial charge in [0.15, 0.2) is 0 Å². The molecule has 0 bridgehead atoms. The quantitative estimate of drug-likeness (QED) is 0.734. The lowest BCUT2D eigenvalue weighted by Crippen LogP contribution is -2.35. The maximum atomic E-state index is 12.8. The molecule has 0 amide bonds. The zero-order valence-electron chi connectivity index (χ0n) is 14.9. The Morgan fingerprint density at radius 1 is 0.893 bits per heavy atom. The van der Waals surface area contributed by atoms with Crippen molar-refractivity contribution in [1.29, 1.82) is 0 Å². The molecule has 0 atom stereocenters. The second kappa shape index (κ2) is 7.90. The van der Waals surface area contributed by atoms with Crippen LogP contribution in [0.15, 0.2) is 58.3 Å². The maximum Gasteiger partial charge on any atom is 0.335 e. The Kier molecular flexibility index (Phi) is 5.73. The highest BCUT2D eigenvalue weighted by atomic mass is 32.2. The number of aromatic carboxylic acids is 1. The summed E-state index contributed by atoms with van der Waals surface area (Å²) in [5, 5.41) is 9.03. The topological polar surface area (TPSA) is 121 Å². The fourth-order valence-electron chi connectivity index (χ4n) is 2.98. The Morgan fingerprint density at radius 2 is 1.54 bits per heavy atom.